The number of rotatable bonds is 1. The molecule has 0 aliphatic carbocycles. The molecule has 0 aromatic heterocycles. The second-order valence-corrected chi connectivity index (χ2v) is 6.76. The number of nitrogen functional groups attached to an aromatic ring is 1. The zero-order valence-electron chi connectivity index (χ0n) is 11.7. The van der Waals surface area contributed by atoms with Gasteiger partial charge in [-0.1, -0.05) is 23.2 Å². The number of anilines is 1. The smallest absolute Gasteiger partial charge is 0.109 e. The van der Waals surface area contributed by atoms with Gasteiger partial charge in [-0.05, 0) is 45.4 Å². The molecule has 2 atom stereocenters. The third-order valence-electron chi connectivity index (χ3n) is 3.50. The predicted octanol–water partition coefficient (Wildman–Crippen LogP) is 4.09. The number of benzene rings is 1. The van der Waals surface area contributed by atoms with Gasteiger partial charge >= 0.3 is 0 Å². The van der Waals surface area contributed by atoms with Crippen molar-refractivity contribution in [1.29, 1.82) is 0 Å². The maximum Gasteiger partial charge on any atom is 0.109 e. The molecule has 1 aromatic carbocycles. The lowest BCUT2D eigenvalue weighted by Crippen LogP contribution is -2.43. The lowest BCUT2D eigenvalue weighted by atomic mass is 10.0. The van der Waals surface area contributed by atoms with Crippen LogP contribution in [-0.2, 0) is 4.74 Å². The van der Waals surface area contributed by atoms with Crippen LogP contribution in [0.15, 0.2) is 12.1 Å². The van der Waals surface area contributed by atoms with Gasteiger partial charge in [0, 0.05) is 12.1 Å². The minimum Gasteiger partial charge on any atom is -0.396 e. The highest BCUT2D eigenvalue weighted by molar-refractivity contribution is 6.38. The molecule has 1 aromatic rings. The minimum absolute atomic E-state index is 0.0233. The van der Waals surface area contributed by atoms with E-state index in [4.69, 9.17) is 33.7 Å². The van der Waals surface area contributed by atoms with E-state index < -0.39 is 0 Å². The predicted molar refractivity (Wildman–Crippen MR) is 80.6 cm³/mol. The summed E-state index contributed by atoms with van der Waals surface area (Å²) in [6.45, 7) is 9.42. The van der Waals surface area contributed by atoms with E-state index in [2.05, 4.69) is 32.6 Å². The second-order valence-electron chi connectivity index (χ2n) is 5.95. The lowest BCUT2D eigenvalue weighted by Gasteiger charge is -2.33. The van der Waals surface area contributed by atoms with Gasteiger partial charge in [0.2, 0.25) is 0 Å². The van der Waals surface area contributed by atoms with Gasteiger partial charge in [0.25, 0.3) is 0 Å². The SMILES string of the molecule is CC1OC(c2cc(Cl)c(N)c(Cl)c2)CN1C(C)(C)C. The molecule has 3 nitrogen and oxygen atoms in total. The first-order chi connectivity index (χ1) is 8.70. The zero-order chi connectivity index (χ0) is 14.4. The van der Waals surface area contributed by atoms with Crippen molar-refractivity contribution in [3.8, 4) is 0 Å². The number of hydrogen-bond acceptors (Lipinski definition) is 3. The van der Waals surface area contributed by atoms with Crippen molar-refractivity contribution < 1.29 is 4.74 Å². The molecule has 1 saturated heterocycles. The summed E-state index contributed by atoms with van der Waals surface area (Å²) in [5.74, 6) is 0. The van der Waals surface area contributed by atoms with Gasteiger partial charge in [0.05, 0.1) is 21.8 Å². The maximum atomic E-state index is 6.08. The van der Waals surface area contributed by atoms with Crippen molar-refractivity contribution in [3.05, 3.63) is 27.7 Å². The van der Waals surface area contributed by atoms with E-state index in [1.165, 1.54) is 0 Å². The highest BCUT2D eigenvalue weighted by atomic mass is 35.5. The van der Waals surface area contributed by atoms with Crippen molar-refractivity contribution in [2.75, 3.05) is 12.3 Å². The van der Waals surface area contributed by atoms with Crippen LogP contribution in [0.1, 0.15) is 39.4 Å². The first kappa shape index (κ1) is 14.9. The van der Waals surface area contributed by atoms with Crippen molar-refractivity contribution in [3.63, 3.8) is 0 Å². The highest BCUT2D eigenvalue weighted by Crippen LogP contribution is 2.37. The summed E-state index contributed by atoms with van der Waals surface area (Å²) in [6.07, 6.45) is 0.0462. The first-order valence-electron chi connectivity index (χ1n) is 6.37. The molecule has 0 radical (unpaired) electrons. The molecule has 19 heavy (non-hydrogen) atoms. The minimum atomic E-state index is -0.0233. The van der Waals surface area contributed by atoms with Crippen molar-refractivity contribution in [2.45, 2.75) is 45.6 Å². The molecule has 1 aliphatic rings. The van der Waals surface area contributed by atoms with Gasteiger partial charge in [0.15, 0.2) is 0 Å². The second kappa shape index (κ2) is 5.13. The Balaban J connectivity index is 2.26. The van der Waals surface area contributed by atoms with E-state index in [1.807, 2.05) is 12.1 Å². The third kappa shape index (κ3) is 3.00. The van der Waals surface area contributed by atoms with E-state index in [-0.39, 0.29) is 17.9 Å². The standard InChI is InChI=1S/C14H20Cl2N2O/c1-8-18(14(2,3)4)7-12(19-8)9-5-10(15)13(17)11(16)6-9/h5-6,8,12H,7,17H2,1-4H3. The summed E-state index contributed by atoms with van der Waals surface area (Å²) in [5.41, 5.74) is 7.22. The van der Waals surface area contributed by atoms with Crippen LogP contribution in [0, 0.1) is 0 Å². The molecular formula is C14H20Cl2N2O. The fraction of sp³-hybridized carbons (Fsp3) is 0.571. The van der Waals surface area contributed by atoms with Crippen LogP contribution >= 0.6 is 23.2 Å². The van der Waals surface area contributed by atoms with Gasteiger partial charge in [0.1, 0.15) is 6.23 Å². The number of hydrogen-bond donors (Lipinski definition) is 1. The summed E-state index contributed by atoms with van der Waals surface area (Å²) >= 11 is 12.2. The van der Waals surface area contributed by atoms with Crippen LogP contribution in [0.25, 0.3) is 0 Å². The molecule has 1 fully saturated rings. The Morgan fingerprint density at radius 1 is 1.26 bits per heavy atom. The molecule has 0 amide bonds. The van der Waals surface area contributed by atoms with Gasteiger partial charge in [-0.2, -0.15) is 0 Å². The van der Waals surface area contributed by atoms with Crippen molar-refractivity contribution in [2.24, 2.45) is 0 Å². The van der Waals surface area contributed by atoms with Crippen LogP contribution < -0.4 is 5.73 Å². The molecule has 106 valence electrons. The molecule has 2 N–H and O–H groups in total. The quantitative estimate of drug-likeness (QED) is 0.794. The monoisotopic (exact) mass is 302 g/mol. The van der Waals surface area contributed by atoms with Crippen LogP contribution in [0.5, 0.6) is 0 Å². The molecule has 2 unspecified atom stereocenters. The summed E-state index contributed by atoms with van der Waals surface area (Å²) in [4.78, 5) is 2.32. The molecule has 1 heterocycles. The van der Waals surface area contributed by atoms with Crippen LogP contribution in [0.3, 0.4) is 0 Å². The average molecular weight is 303 g/mol. The number of halogens is 2. The van der Waals surface area contributed by atoms with Gasteiger partial charge < -0.3 is 10.5 Å². The van der Waals surface area contributed by atoms with Crippen LogP contribution in [-0.4, -0.2) is 23.2 Å². The first-order valence-corrected chi connectivity index (χ1v) is 7.12. The molecule has 0 spiro atoms. The average Bonchev–Trinajstić information content (AvgIpc) is 2.67. The van der Waals surface area contributed by atoms with Crippen LogP contribution in [0.4, 0.5) is 5.69 Å². The summed E-state index contributed by atoms with van der Waals surface area (Å²) < 4.78 is 6.00. The third-order valence-corrected chi connectivity index (χ3v) is 4.12. The Bertz CT molecular complexity index is 462. The normalized spacial score (nSPS) is 24.9. The Labute approximate surface area is 124 Å². The number of nitrogens with two attached hydrogens (primary N) is 1. The molecule has 0 saturated carbocycles. The Morgan fingerprint density at radius 2 is 1.79 bits per heavy atom. The maximum absolute atomic E-state index is 6.08. The Morgan fingerprint density at radius 3 is 2.21 bits per heavy atom. The number of ether oxygens (including phenoxy) is 1. The summed E-state index contributed by atoms with van der Waals surface area (Å²) in [5, 5.41) is 0.959. The van der Waals surface area contributed by atoms with E-state index in [9.17, 15) is 0 Å². The van der Waals surface area contributed by atoms with E-state index in [0.29, 0.717) is 15.7 Å². The van der Waals surface area contributed by atoms with E-state index in [1.54, 1.807) is 0 Å². The Kier molecular flexibility index (Phi) is 4.03. The van der Waals surface area contributed by atoms with E-state index >= 15 is 0 Å². The molecule has 1 aliphatic heterocycles. The molecule has 0 bridgehead atoms. The van der Waals surface area contributed by atoms with Crippen LogP contribution in [0.2, 0.25) is 10.0 Å². The van der Waals surface area contributed by atoms with Crippen molar-refractivity contribution >= 4 is 28.9 Å². The lowest BCUT2D eigenvalue weighted by molar-refractivity contribution is -0.0163. The topological polar surface area (TPSA) is 38.5 Å². The Hall–Kier alpha value is -0.480. The van der Waals surface area contributed by atoms with Crippen molar-refractivity contribution in [1.82, 2.24) is 4.90 Å². The van der Waals surface area contributed by atoms with Gasteiger partial charge in [-0.3, -0.25) is 4.90 Å². The highest BCUT2D eigenvalue weighted by Gasteiger charge is 2.37. The molecule has 2 rings (SSSR count). The van der Waals surface area contributed by atoms with Gasteiger partial charge in [-0.15, -0.1) is 0 Å². The fourth-order valence-corrected chi connectivity index (χ4v) is 2.98. The summed E-state index contributed by atoms with van der Waals surface area (Å²) in [6, 6.07) is 3.68. The molecular weight excluding hydrogens is 283 g/mol. The zero-order valence-corrected chi connectivity index (χ0v) is 13.2. The molecule has 5 heteroatoms. The fourth-order valence-electron chi connectivity index (χ4n) is 2.47. The van der Waals surface area contributed by atoms with Gasteiger partial charge in [-0.25, -0.2) is 0 Å². The largest absolute Gasteiger partial charge is 0.396 e. The summed E-state index contributed by atoms with van der Waals surface area (Å²) in [7, 11) is 0. The van der Waals surface area contributed by atoms with E-state index in [0.717, 1.165) is 12.1 Å². The number of nitrogens with zero attached hydrogens (tertiary/aromatic N) is 1.